The van der Waals surface area contributed by atoms with Crippen LogP contribution in [0.4, 0.5) is 17.5 Å². The van der Waals surface area contributed by atoms with Crippen LogP contribution in [0.2, 0.25) is 0 Å². The van der Waals surface area contributed by atoms with E-state index in [1.54, 1.807) is 6.20 Å². The lowest BCUT2D eigenvalue weighted by atomic mass is 10.0. The molecular formula is C24H29N7. The zero-order valence-electron chi connectivity index (χ0n) is 17.9. The van der Waals surface area contributed by atoms with Crippen molar-refractivity contribution in [1.82, 2.24) is 19.9 Å². The zero-order chi connectivity index (χ0) is 21.6. The average Bonchev–Trinajstić information content (AvgIpc) is 2.77. The molecule has 5 N–H and O–H groups in total. The standard InChI is InChI=1S/C24H29N7/c1-2-3-4-5-6-7-16-8-9-18-13-19(11-10-17(18)12-16)27-14-20-15-28-23-21(29-20)22(25)30-24(26)31-23/h8-13,15,27H,2-7,14H2,1H3,(H4,25,26,28,30,31). The van der Waals surface area contributed by atoms with E-state index in [2.05, 4.69) is 68.6 Å². The Morgan fingerprint density at radius 3 is 2.55 bits per heavy atom. The van der Waals surface area contributed by atoms with Crippen molar-refractivity contribution < 1.29 is 0 Å². The minimum absolute atomic E-state index is 0.0981. The Labute approximate surface area is 182 Å². The first-order valence-corrected chi connectivity index (χ1v) is 10.9. The van der Waals surface area contributed by atoms with E-state index in [1.807, 2.05) is 0 Å². The van der Waals surface area contributed by atoms with Gasteiger partial charge in [0.25, 0.3) is 0 Å². The lowest BCUT2D eigenvalue weighted by Gasteiger charge is -2.09. The van der Waals surface area contributed by atoms with Crippen LogP contribution in [0, 0.1) is 0 Å². The molecule has 0 bridgehead atoms. The Hall–Kier alpha value is -3.48. The third kappa shape index (κ3) is 5.17. The quantitative estimate of drug-likeness (QED) is 0.334. The number of anilines is 3. The van der Waals surface area contributed by atoms with Gasteiger partial charge in [-0.05, 0) is 41.3 Å². The molecule has 0 aliphatic heterocycles. The predicted octanol–water partition coefficient (Wildman–Crippen LogP) is 4.86. The maximum atomic E-state index is 5.91. The van der Waals surface area contributed by atoms with E-state index in [9.17, 15) is 0 Å². The van der Waals surface area contributed by atoms with Gasteiger partial charge in [-0.15, -0.1) is 0 Å². The molecule has 0 spiro atoms. The van der Waals surface area contributed by atoms with Gasteiger partial charge in [-0.3, -0.25) is 0 Å². The SMILES string of the molecule is CCCCCCCc1ccc2cc(NCc3cnc4nc(N)nc(N)c4n3)ccc2c1. The number of aryl methyl sites for hydroxylation is 1. The monoisotopic (exact) mass is 415 g/mol. The summed E-state index contributed by atoms with van der Waals surface area (Å²) in [5, 5.41) is 5.90. The molecular weight excluding hydrogens is 386 g/mol. The van der Waals surface area contributed by atoms with Crippen molar-refractivity contribution in [2.75, 3.05) is 16.8 Å². The fourth-order valence-corrected chi connectivity index (χ4v) is 3.75. The van der Waals surface area contributed by atoms with E-state index in [0.29, 0.717) is 17.7 Å². The highest BCUT2D eigenvalue weighted by Gasteiger charge is 2.08. The van der Waals surface area contributed by atoms with E-state index in [4.69, 9.17) is 11.5 Å². The molecule has 0 radical (unpaired) electrons. The molecule has 2 aromatic carbocycles. The van der Waals surface area contributed by atoms with Gasteiger partial charge in [0, 0.05) is 5.69 Å². The van der Waals surface area contributed by atoms with E-state index in [0.717, 1.165) is 17.8 Å². The first-order valence-electron chi connectivity index (χ1n) is 10.9. The van der Waals surface area contributed by atoms with Gasteiger partial charge in [-0.25, -0.2) is 9.97 Å². The van der Waals surface area contributed by atoms with Crippen molar-refractivity contribution in [2.45, 2.75) is 52.0 Å². The van der Waals surface area contributed by atoms with Crippen LogP contribution in [0.5, 0.6) is 0 Å². The van der Waals surface area contributed by atoms with Crippen LogP contribution < -0.4 is 16.8 Å². The molecule has 4 rings (SSSR count). The summed E-state index contributed by atoms with van der Waals surface area (Å²) in [6, 6.07) is 13.2. The predicted molar refractivity (Wildman–Crippen MR) is 128 cm³/mol. The Balaban J connectivity index is 1.41. The lowest BCUT2D eigenvalue weighted by molar-refractivity contribution is 0.632. The molecule has 0 saturated heterocycles. The third-order valence-corrected chi connectivity index (χ3v) is 5.45. The number of benzene rings is 2. The van der Waals surface area contributed by atoms with Crippen LogP contribution in [0.1, 0.15) is 50.3 Å². The minimum Gasteiger partial charge on any atom is -0.382 e. The molecule has 0 aliphatic rings. The molecule has 0 unspecified atom stereocenters. The molecule has 0 atom stereocenters. The fraction of sp³-hybridized carbons (Fsp3) is 0.333. The Bertz CT molecular complexity index is 1190. The van der Waals surface area contributed by atoms with Crippen molar-refractivity contribution in [1.29, 1.82) is 0 Å². The maximum absolute atomic E-state index is 5.91. The summed E-state index contributed by atoms with van der Waals surface area (Å²) in [6.07, 6.45) is 9.38. The zero-order valence-corrected chi connectivity index (χ0v) is 17.9. The van der Waals surface area contributed by atoms with Crippen molar-refractivity contribution >= 4 is 39.4 Å². The van der Waals surface area contributed by atoms with Gasteiger partial charge in [0.05, 0.1) is 18.4 Å². The van der Waals surface area contributed by atoms with Gasteiger partial charge in [0.1, 0.15) is 0 Å². The molecule has 2 aromatic heterocycles. The lowest BCUT2D eigenvalue weighted by Crippen LogP contribution is -2.07. The second-order valence-electron chi connectivity index (χ2n) is 7.91. The first-order chi connectivity index (χ1) is 15.1. The van der Waals surface area contributed by atoms with Gasteiger partial charge >= 0.3 is 0 Å². The summed E-state index contributed by atoms with van der Waals surface area (Å²) in [4.78, 5) is 16.8. The second kappa shape index (κ2) is 9.55. The summed E-state index contributed by atoms with van der Waals surface area (Å²) in [7, 11) is 0. The fourth-order valence-electron chi connectivity index (χ4n) is 3.75. The molecule has 0 fully saturated rings. The van der Waals surface area contributed by atoms with Crippen molar-refractivity contribution in [3.63, 3.8) is 0 Å². The first kappa shape index (κ1) is 20.8. The van der Waals surface area contributed by atoms with Gasteiger partial charge in [-0.1, -0.05) is 56.9 Å². The van der Waals surface area contributed by atoms with Gasteiger partial charge in [0.2, 0.25) is 5.95 Å². The maximum Gasteiger partial charge on any atom is 0.224 e. The summed E-state index contributed by atoms with van der Waals surface area (Å²) in [6.45, 7) is 2.78. The molecule has 7 heteroatoms. The van der Waals surface area contributed by atoms with E-state index < -0.39 is 0 Å². The van der Waals surface area contributed by atoms with Gasteiger partial charge in [0.15, 0.2) is 17.0 Å². The molecule has 0 aliphatic carbocycles. The number of hydrogen-bond acceptors (Lipinski definition) is 7. The molecule has 0 amide bonds. The van der Waals surface area contributed by atoms with Crippen molar-refractivity contribution in [2.24, 2.45) is 0 Å². The van der Waals surface area contributed by atoms with Crippen LogP contribution in [-0.2, 0) is 13.0 Å². The summed E-state index contributed by atoms with van der Waals surface area (Å²) < 4.78 is 0. The van der Waals surface area contributed by atoms with Crippen LogP contribution in [0.3, 0.4) is 0 Å². The van der Waals surface area contributed by atoms with Gasteiger partial charge in [-0.2, -0.15) is 9.97 Å². The van der Waals surface area contributed by atoms with Crippen LogP contribution >= 0.6 is 0 Å². The van der Waals surface area contributed by atoms with Crippen LogP contribution in [-0.4, -0.2) is 19.9 Å². The minimum atomic E-state index is 0.0981. The van der Waals surface area contributed by atoms with Crippen molar-refractivity contribution in [3.05, 3.63) is 53.9 Å². The number of nitrogens with one attached hydrogen (secondary N) is 1. The number of fused-ring (bicyclic) bond motifs is 2. The number of rotatable bonds is 9. The van der Waals surface area contributed by atoms with E-state index in [-0.39, 0.29) is 11.8 Å². The van der Waals surface area contributed by atoms with E-state index >= 15 is 0 Å². The Morgan fingerprint density at radius 2 is 1.68 bits per heavy atom. The highest BCUT2D eigenvalue weighted by molar-refractivity contribution is 5.86. The highest BCUT2D eigenvalue weighted by Crippen LogP contribution is 2.22. The summed E-state index contributed by atoms with van der Waals surface area (Å²) >= 11 is 0. The number of aromatic nitrogens is 4. The number of nitrogens with zero attached hydrogens (tertiary/aromatic N) is 4. The van der Waals surface area contributed by atoms with Gasteiger partial charge < -0.3 is 16.8 Å². The molecule has 0 saturated carbocycles. The van der Waals surface area contributed by atoms with Crippen LogP contribution in [0.25, 0.3) is 21.9 Å². The van der Waals surface area contributed by atoms with E-state index in [1.165, 1.54) is 48.4 Å². The normalized spacial score (nSPS) is 11.3. The smallest absolute Gasteiger partial charge is 0.224 e. The average molecular weight is 416 g/mol. The van der Waals surface area contributed by atoms with Crippen molar-refractivity contribution in [3.8, 4) is 0 Å². The highest BCUT2D eigenvalue weighted by atomic mass is 15.1. The molecule has 2 heterocycles. The largest absolute Gasteiger partial charge is 0.382 e. The topological polar surface area (TPSA) is 116 Å². The molecule has 7 nitrogen and oxygen atoms in total. The number of nitrogens with two attached hydrogens (primary N) is 2. The molecule has 4 aromatic rings. The van der Waals surface area contributed by atoms with Crippen LogP contribution in [0.15, 0.2) is 42.6 Å². The second-order valence-corrected chi connectivity index (χ2v) is 7.91. The summed E-state index contributed by atoms with van der Waals surface area (Å²) in [5.41, 5.74) is 15.6. The Kier molecular flexibility index (Phi) is 6.40. The summed E-state index contributed by atoms with van der Waals surface area (Å²) in [5.74, 6) is 0.338. The Morgan fingerprint density at radius 1 is 0.871 bits per heavy atom. The number of nitrogen functional groups attached to an aromatic ring is 2. The number of hydrogen-bond donors (Lipinski definition) is 3. The molecule has 31 heavy (non-hydrogen) atoms. The number of unbranched alkanes of at least 4 members (excludes halogenated alkanes) is 4. The third-order valence-electron chi connectivity index (χ3n) is 5.45. The molecule has 160 valence electrons.